The zero-order chi connectivity index (χ0) is 17.6. The molecule has 128 valence electrons. The second-order valence-electron chi connectivity index (χ2n) is 6.17. The Balaban J connectivity index is 1.70. The largest absolute Gasteiger partial charge is 0.327 e. The molecule has 0 aliphatic carbocycles. The molecule has 1 saturated heterocycles. The Morgan fingerprint density at radius 1 is 1.04 bits per heavy atom. The first-order chi connectivity index (χ1) is 12.2. The smallest absolute Gasteiger partial charge is 0.249 e. The van der Waals surface area contributed by atoms with Gasteiger partial charge in [0.2, 0.25) is 11.8 Å². The van der Waals surface area contributed by atoms with Crippen LogP contribution in [0, 0.1) is 0 Å². The molecule has 1 fully saturated rings. The highest BCUT2D eigenvalue weighted by Crippen LogP contribution is 2.22. The van der Waals surface area contributed by atoms with Crippen LogP contribution in [0.2, 0.25) is 0 Å². The molecule has 0 spiro atoms. The first-order valence-corrected chi connectivity index (χ1v) is 8.53. The summed E-state index contributed by atoms with van der Waals surface area (Å²) in [6.45, 7) is 0.622. The molecule has 1 atom stereocenters. The van der Waals surface area contributed by atoms with E-state index in [-0.39, 0.29) is 11.8 Å². The van der Waals surface area contributed by atoms with Gasteiger partial charge in [0.15, 0.2) is 0 Å². The lowest BCUT2D eigenvalue weighted by molar-refractivity contribution is -0.133. The number of anilines is 1. The van der Waals surface area contributed by atoms with Crippen LogP contribution in [0.1, 0.15) is 18.4 Å². The van der Waals surface area contributed by atoms with E-state index in [2.05, 4.69) is 0 Å². The van der Waals surface area contributed by atoms with Crippen molar-refractivity contribution in [2.75, 3.05) is 18.5 Å². The fourth-order valence-corrected chi connectivity index (χ4v) is 3.12. The van der Waals surface area contributed by atoms with Crippen molar-refractivity contribution in [1.29, 1.82) is 0 Å². The van der Waals surface area contributed by atoms with Crippen molar-refractivity contribution in [3.63, 3.8) is 0 Å². The molecule has 2 aromatic carbocycles. The van der Waals surface area contributed by atoms with E-state index in [0.29, 0.717) is 13.0 Å². The highest BCUT2D eigenvalue weighted by Gasteiger charge is 2.35. The number of hydrogen-bond donors (Lipinski definition) is 0. The van der Waals surface area contributed by atoms with Crippen LogP contribution in [0.4, 0.5) is 5.69 Å². The van der Waals surface area contributed by atoms with Gasteiger partial charge < -0.3 is 9.80 Å². The molecule has 25 heavy (non-hydrogen) atoms. The first kappa shape index (κ1) is 17.0. The topological polar surface area (TPSA) is 40.6 Å². The fraction of sp³-hybridized carbons (Fsp3) is 0.238. The lowest BCUT2D eigenvalue weighted by Crippen LogP contribution is -2.46. The molecule has 2 amide bonds. The van der Waals surface area contributed by atoms with Crippen LogP contribution in [0.5, 0.6) is 0 Å². The highest BCUT2D eigenvalue weighted by molar-refractivity contribution is 6.01. The van der Waals surface area contributed by atoms with Crippen LogP contribution in [0.3, 0.4) is 0 Å². The van der Waals surface area contributed by atoms with E-state index < -0.39 is 6.04 Å². The molecule has 4 nitrogen and oxygen atoms in total. The van der Waals surface area contributed by atoms with E-state index in [1.165, 1.54) is 0 Å². The molecule has 1 heterocycles. The maximum atomic E-state index is 12.8. The van der Waals surface area contributed by atoms with Crippen molar-refractivity contribution in [3.05, 3.63) is 72.3 Å². The molecule has 3 rings (SSSR count). The van der Waals surface area contributed by atoms with Gasteiger partial charge in [-0.2, -0.15) is 0 Å². The Bertz CT molecular complexity index is 756. The minimum Gasteiger partial charge on any atom is -0.327 e. The molecule has 4 heteroatoms. The van der Waals surface area contributed by atoms with Crippen LogP contribution in [0.25, 0.3) is 6.08 Å². The van der Waals surface area contributed by atoms with E-state index >= 15 is 0 Å². The van der Waals surface area contributed by atoms with Gasteiger partial charge in [-0.25, -0.2) is 0 Å². The van der Waals surface area contributed by atoms with Gasteiger partial charge in [0.25, 0.3) is 0 Å². The second-order valence-corrected chi connectivity index (χ2v) is 6.17. The number of benzene rings is 2. The normalized spacial score (nSPS) is 17.0. The number of carbonyl (C=O) groups is 2. The number of para-hydroxylation sites is 1. The van der Waals surface area contributed by atoms with Gasteiger partial charge in [0.1, 0.15) is 6.04 Å². The SMILES string of the molecule is CN(C(=O)[C@@H]1CCCN1C(=O)/C=C/c1ccccc1)c1ccccc1. The third kappa shape index (κ3) is 3.97. The number of likely N-dealkylation sites (N-methyl/N-ethyl adjacent to an activating group) is 1. The Kier molecular flexibility index (Phi) is 5.29. The van der Waals surface area contributed by atoms with Crippen molar-refractivity contribution in [2.45, 2.75) is 18.9 Å². The minimum atomic E-state index is -0.391. The summed E-state index contributed by atoms with van der Waals surface area (Å²) in [5.74, 6) is -0.147. The summed E-state index contributed by atoms with van der Waals surface area (Å²) in [5.41, 5.74) is 1.81. The van der Waals surface area contributed by atoms with Gasteiger partial charge in [-0.15, -0.1) is 0 Å². The molecule has 0 aromatic heterocycles. The predicted molar refractivity (Wildman–Crippen MR) is 100 cm³/mol. The number of carbonyl (C=O) groups excluding carboxylic acids is 2. The van der Waals surface area contributed by atoms with Crippen molar-refractivity contribution in [3.8, 4) is 0 Å². The maximum Gasteiger partial charge on any atom is 0.249 e. The van der Waals surface area contributed by atoms with Gasteiger partial charge in [0, 0.05) is 25.4 Å². The van der Waals surface area contributed by atoms with E-state index in [0.717, 1.165) is 17.7 Å². The Hall–Kier alpha value is -2.88. The first-order valence-electron chi connectivity index (χ1n) is 8.53. The quantitative estimate of drug-likeness (QED) is 0.805. The van der Waals surface area contributed by atoms with Crippen molar-refractivity contribution >= 4 is 23.6 Å². The average molecular weight is 334 g/mol. The van der Waals surface area contributed by atoms with Gasteiger partial charge in [0.05, 0.1) is 0 Å². The molecule has 1 aliphatic rings. The highest BCUT2D eigenvalue weighted by atomic mass is 16.2. The minimum absolute atomic E-state index is 0.0369. The molecule has 1 aliphatic heterocycles. The molecular weight excluding hydrogens is 312 g/mol. The summed E-state index contributed by atoms with van der Waals surface area (Å²) in [7, 11) is 1.76. The zero-order valence-corrected chi connectivity index (χ0v) is 14.3. The number of amides is 2. The van der Waals surface area contributed by atoms with Crippen LogP contribution in [-0.2, 0) is 9.59 Å². The third-order valence-corrected chi connectivity index (χ3v) is 4.51. The number of nitrogens with zero attached hydrogens (tertiary/aromatic N) is 2. The summed E-state index contributed by atoms with van der Waals surface area (Å²) in [4.78, 5) is 28.7. The van der Waals surface area contributed by atoms with Gasteiger partial charge in [-0.05, 0) is 36.6 Å². The fourth-order valence-electron chi connectivity index (χ4n) is 3.12. The lowest BCUT2D eigenvalue weighted by atomic mass is 10.1. The van der Waals surface area contributed by atoms with Crippen molar-refractivity contribution in [1.82, 2.24) is 4.90 Å². The van der Waals surface area contributed by atoms with Crippen LogP contribution in [-0.4, -0.2) is 36.3 Å². The van der Waals surface area contributed by atoms with Crippen molar-refractivity contribution < 1.29 is 9.59 Å². The number of likely N-dealkylation sites (tertiary alicyclic amines) is 1. The Morgan fingerprint density at radius 2 is 1.68 bits per heavy atom. The molecular formula is C21H22N2O2. The van der Waals surface area contributed by atoms with Crippen LogP contribution >= 0.6 is 0 Å². The van der Waals surface area contributed by atoms with E-state index in [1.54, 1.807) is 29.0 Å². The van der Waals surface area contributed by atoms with Gasteiger partial charge in [-0.1, -0.05) is 48.5 Å². The standard InChI is InChI=1S/C21H22N2O2/c1-22(18-11-6-3-7-12-18)21(25)19-13-8-16-23(19)20(24)15-14-17-9-4-2-5-10-17/h2-7,9-12,14-15,19H,8,13,16H2,1H3/b15-14+/t19-/m0/s1. The molecule has 0 N–H and O–H groups in total. The average Bonchev–Trinajstić information content (AvgIpc) is 3.16. The molecule has 0 radical (unpaired) electrons. The van der Waals surface area contributed by atoms with E-state index in [4.69, 9.17) is 0 Å². The summed E-state index contributed by atoms with van der Waals surface area (Å²) < 4.78 is 0. The summed E-state index contributed by atoms with van der Waals surface area (Å²) in [6.07, 6.45) is 4.91. The molecule has 0 unspecified atom stereocenters. The molecule has 2 aromatic rings. The van der Waals surface area contributed by atoms with E-state index in [9.17, 15) is 9.59 Å². The number of rotatable bonds is 4. The summed E-state index contributed by atoms with van der Waals surface area (Å²) in [6, 6.07) is 18.8. The molecule has 0 saturated carbocycles. The van der Waals surface area contributed by atoms with Crippen LogP contribution in [0.15, 0.2) is 66.7 Å². The Labute approximate surface area is 148 Å². The third-order valence-electron chi connectivity index (χ3n) is 4.51. The van der Waals surface area contributed by atoms with Gasteiger partial charge in [-0.3, -0.25) is 9.59 Å². The number of hydrogen-bond acceptors (Lipinski definition) is 2. The van der Waals surface area contributed by atoms with Gasteiger partial charge >= 0.3 is 0 Å². The Morgan fingerprint density at radius 3 is 2.36 bits per heavy atom. The lowest BCUT2D eigenvalue weighted by Gasteiger charge is -2.27. The van der Waals surface area contributed by atoms with Crippen LogP contribution < -0.4 is 4.90 Å². The maximum absolute atomic E-state index is 12.8. The summed E-state index contributed by atoms with van der Waals surface area (Å²) in [5, 5.41) is 0. The van der Waals surface area contributed by atoms with E-state index in [1.807, 2.05) is 60.7 Å². The predicted octanol–water partition coefficient (Wildman–Crippen LogP) is 3.35. The summed E-state index contributed by atoms with van der Waals surface area (Å²) >= 11 is 0. The molecule has 0 bridgehead atoms. The zero-order valence-electron chi connectivity index (χ0n) is 14.3. The second kappa shape index (κ2) is 7.79. The monoisotopic (exact) mass is 334 g/mol. The van der Waals surface area contributed by atoms with Crippen molar-refractivity contribution in [2.24, 2.45) is 0 Å².